The number of methoxy groups -OCH3 is 1. The van der Waals surface area contributed by atoms with Gasteiger partial charge in [-0.2, -0.15) is 5.26 Å². The normalized spacial score (nSPS) is 14.1. The summed E-state index contributed by atoms with van der Waals surface area (Å²) in [5.41, 5.74) is 1.49. The van der Waals surface area contributed by atoms with Crippen LogP contribution in [0.25, 0.3) is 11.6 Å². The predicted octanol–water partition coefficient (Wildman–Crippen LogP) is 4.64. The number of hydrogen-bond acceptors (Lipinski definition) is 5. The second-order valence-corrected chi connectivity index (χ2v) is 6.49. The largest absolute Gasteiger partial charge is 0.488 e. The van der Waals surface area contributed by atoms with E-state index in [2.05, 4.69) is 16.0 Å². The maximum absolute atomic E-state index is 9.55. The van der Waals surface area contributed by atoms with Crippen molar-refractivity contribution in [2.45, 2.75) is 12.8 Å². The van der Waals surface area contributed by atoms with Crippen LogP contribution in [0.1, 0.15) is 24.0 Å². The number of allylic oxidation sites excluding steroid dienone is 1. The number of aromatic nitrogens is 2. The molecule has 128 valence electrons. The van der Waals surface area contributed by atoms with Gasteiger partial charge >= 0.3 is 0 Å². The lowest BCUT2D eigenvalue weighted by atomic mass is 10.1. The number of pyridine rings is 2. The molecule has 0 atom stereocenters. The van der Waals surface area contributed by atoms with E-state index in [0.717, 1.165) is 0 Å². The molecule has 1 saturated carbocycles. The highest BCUT2D eigenvalue weighted by molar-refractivity contribution is 6.37. The molecule has 1 aliphatic carbocycles. The van der Waals surface area contributed by atoms with E-state index >= 15 is 0 Å². The minimum absolute atomic E-state index is 0.362. The first kappa shape index (κ1) is 17.5. The number of halogens is 2. The Morgan fingerprint density at radius 2 is 2.04 bits per heavy atom. The van der Waals surface area contributed by atoms with Crippen LogP contribution in [0.2, 0.25) is 10.0 Å². The number of rotatable bonds is 6. The van der Waals surface area contributed by atoms with Gasteiger partial charge in [-0.3, -0.25) is 4.98 Å². The molecular formula is C18H15Cl2N3O2. The molecule has 0 amide bonds. The first-order chi connectivity index (χ1) is 12.1. The summed E-state index contributed by atoms with van der Waals surface area (Å²) in [5.74, 6) is 1.50. The van der Waals surface area contributed by atoms with E-state index in [0.29, 0.717) is 50.9 Å². The van der Waals surface area contributed by atoms with E-state index in [4.69, 9.17) is 32.7 Å². The smallest absolute Gasteiger partial charge is 0.256 e. The number of nitrogens with zero attached hydrogens (tertiary/aromatic N) is 3. The topological polar surface area (TPSA) is 68.0 Å². The molecule has 25 heavy (non-hydrogen) atoms. The van der Waals surface area contributed by atoms with Crippen molar-refractivity contribution >= 4 is 34.9 Å². The van der Waals surface area contributed by atoms with Crippen molar-refractivity contribution in [1.29, 1.82) is 5.26 Å². The molecule has 0 aliphatic heterocycles. The minimum Gasteiger partial charge on any atom is -0.488 e. The fourth-order valence-corrected chi connectivity index (χ4v) is 2.69. The zero-order valence-electron chi connectivity index (χ0n) is 13.5. The Kier molecular flexibility index (Phi) is 5.42. The van der Waals surface area contributed by atoms with Crippen LogP contribution in [0.4, 0.5) is 0 Å². The van der Waals surface area contributed by atoms with Gasteiger partial charge in [-0.25, -0.2) is 4.98 Å². The van der Waals surface area contributed by atoms with Crippen molar-refractivity contribution in [3.8, 4) is 17.7 Å². The zero-order chi connectivity index (χ0) is 17.8. The average Bonchev–Trinajstić information content (AvgIpc) is 3.44. The Bertz CT molecular complexity index is 838. The molecule has 0 bridgehead atoms. The van der Waals surface area contributed by atoms with Gasteiger partial charge in [0.1, 0.15) is 0 Å². The van der Waals surface area contributed by atoms with Gasteiger partial charge in [0.25, 0.3) is 5.88 Å². The van der Waals surface area contributed by atoms with Gasteiger partial charge in [-0.05, 0) is 30.9 Å². The summed E-state index contributed by atoms with van der Waals surface area (Å²) in [7, 11) is 1.53. The lowest BCUT2D eigenvalue weighted by Gasteiger charge is -2.11. The number of ether oxygens (including phenoxy) is 2. The standard InChI is InChI=1S/C18H15Cl2N3O2/c1-24-18-17(25-10-11-2-3-11)5-13(7-23-18)12(6-21)4-14-15(19)8-22-9-16(14)20/h4-5,7-9,11H,2-3,10H2,1H3. The van der Waals surface area contributed by atoms with Crippen LogP contribution >= 0.6 is 23.2 Å². The van der Waals surface area contributed by atoms with E-state index in [1.807, 2.05) is 0 Å². The third-order valence-electron chi connectivity index (χ3n) is 3.79. The maximum Gasteiger partial charge on any atom is 0.256 e. The third-order valence-corrected chi connectivity index (χ3v) is 4.40. The summed E-state index contributed by atoms with van der Waals surface area (Å²) in [6, 6.07) is 3.89. The minimum atomic E-state index is 0.362. The monoisotopic (exact) mass is 375 g/mol. The summed E-state index contributed by atoms with van der Waals surface area (Å²) in [6.45, 7) is 0.620. The summed E-state index contributed by atoms with van der Waals surface area (Å²) in [6.07, 6.45) is 8.48. The molecule has 0 radical (unpaired) electrons. The molecule has 0 spiro atoms. The van der Waals surface area contributed by atoms with Gasteiger partial charge in [0.05, 0.1) is 35.4 Å². The molecule has 2 aromatic rings. The Morgan fingerprint density at radius 3 is 2.64 bits per heavy atom. The molecule has 7 heteroatoms. The van der Waals surface area contributed by atoms with Gasteiger partial charge in [0.2, 0.25) is 0 Å². The second-order valence-electron chi connectivity index (χ2n) is 5.67. The van der Waals surface area contributed by atoms with Crippen molar-refractivity contribution in [3.63, 3.8) is 0 Å². The highest BCUT2D eigenvalue weighted by Gasteiger charge is 2.23. The van der Waals surface area contributed by atoms with Gasteiger partial charge in [0.15, 0.2) is 5.75 Å². The van der Waals surface area contributed by atoms with E-state index in [1.165, 1.54) is 32.3 Å². The Hall–Kier alpha value is -2.29. The first-order valence-electron chi connectivity index (χ1n) is 7.70. The molecule has 0 unspecified atom stereocenters. The van der Waals surface area contributed by atoms with Crippen molar-refractivity contribution in [3.05, 3.63) is 45.8 Å². The van der Waals surface area contributed by atoms with Crippen LogP contribution in [-0.2, 0) is 0 Å². The molecule has 0 aromatic carbocycles. The third kappa shape index (κ3) is 4.22. The lowest BCUT2D eigenvalue weighted by molar-refractivity contribution is 0.275. The summed E-state index contributed by atoms with van der Waals surface area (Å²) >= 11 is 12.3. The Balaban J connectivity index is 1.96. The Labute approximate surface area is 155 Å². The summed E-state index contributed by atoms with van der Waals surface area (Å²) in [4.78, 5) is 8.14. The second kappa shape index (κ2) is 7.73. The summed E-state index contributed by atoms with van der Waals surface area (Å²) < 4.78 is 11.0. The molecule has 2 heterocycles. The fourth-order valence-electron chi connectivity index (χ4n) is 2.21. The SMILES string of the molecule is COc1ncc(C(C#N)=Cc2c(Cl)cncc2Cl)cc1OCC1CC1. The predicted molar refractivity (Wildman–Crippen MR) is 96.7 cm³/mol. The lowest BCUT2D eigenvalue weighted by Crippen LogP contribution is -2.02. The quantitative estimate of drug-likeness (QED) is 0.687. The van der Waals surface area contributed by atoms with E-state index < -0.39 is 0 Å². The number of hydrogen-bond donors (Lipinski definition) is 0. The highest BCUT2D eigenvalue weighted by atomic mass is 35.5. The summed E-state index contributed by atoms with van der Waals surface area (Å²) in [5, 5.41) is 10.3. The highest BCUT2D eigenvalue weighted by Crippen LogP contribution is 2.34. The van der Waals surface area contributed by atoms with Crippen molar-refractivity contribution in [1.82, 2.24) is 9.97 Å². The molecule has 0 saturated heterocycles. The zero-order valence-corrected chi connectivity index (χ0v) is 15.0. The number of nitriles is 1. The van der Waals surface area contributed by atoms with Gasteiger partial charge in [-0.1, -0.05) is 23.2 Å². The molecule has 1 aliphatic rings. The van der Waals surface area contributed by atoms with Crippen molar-refractivity contribution in [2.75, 3.05) is 13.7 Å². The molecule has 1 fully saturated rings. The van der Waals surface area contributed by atoms with E-state index in [1.54, 1.807) is 18.3 Å². The Morgan fingerprint density at radius 1 is 1.32 bits per heavy atom. The molecule has 0 N–H and O–H groups in total. The van der Waals surface area contributed by atoms with Crippen LogP contribution in [0, 0.1) is 17.2 Å². The van der Waals surface area contributed by atoms with Crippen molar-refractivity contribution in [2.24, 2.45) is 5.92 Å². The van der Waals surface area contributed by atoms with Crippen LogP contribution in [0.3, 0.4) is 0 Å². The van der Waals surface area contributed by atoms with Gasteiger partial charge in [0, 0.05) is 29.7 Å². The molecule has 5 nitrogen and oxygen atoms in total. The molecule has 2 aromatic heterocycles. The fraction of sp³-hybridized carbons (Fsp3) is 0.278. The first-order valence-corrected chi connectivity index (χ1v) is 8.46. The maximum atomic E-state index is 9.55. The van der Waals surface area contributed by atoms with Gasteiger partial charge < -0.3 is 9.47 Å². The van der Waals surface area contributed by atoms with Crippen molar-refractivity contribution < 1.29 is 9.47 Å². The van der Waals surface area contributed by atoms with Gasteiger partial charge in [-0.15, -0.1) is 0 Å². The molecule has 3 rings (SSSR count). The van der Waals surface area contributed by atoms with Crippen LogP contribution < -0.4 is 9.47 Å². The van der Waals surface area contributed by atoms with Crippen LogP contribution in [-0.4, -0.2) is 23.7 Å². The van der Waals surface area contributed by atoms with E-state index in [-0.39, 0.29) is 0 Å². The van der Waals surface area contributed by atoms with Crippen LogP contribution in [0.15, 0.2) is 24.7 Å². The van der Waals surface area contributed by atoms with E-state index in [9.17, 15) is 5.26 Å². The average molecular weight is 376 g/mol. The van der Waals surface area contributed by atoms with Crippen LogP contribution in [0.5, 0.6) is 11.6 Å². The molecular weight excluding hydrogens is 361 g/mol.